The number of methoxy groups -OCH3 is 2. The van der Waals surface area contributed by atoms with Gasteiger partial charge >= 0.3 is 0 Å². The number of amides is 2. The monoisotopic (exact) mass is 370 g/mol. The summed E-state index contributed by atoms with van der Waals surface area (Å²) < 4.78 is 24.0. The van der Waals surface area contributed by atoms with E-state index in [4.69, 9.17) is 14.3 Å². The van der Waals surface area contributed by atoms with E-state index in [1.165, 1.54) is 32.4 Å². The zero-order valence-electron chi connectivity index (χ0n) is 14.5. The first-order valence-corrected chi connectivity index (χ1v) is 8.14. The minimum atomic E-state index is -1.07. The largest absolute Gasteiger partial charge is 0.493 e. The molecular formula is C19H15FN2O5. The van der Waals surface area contributed by atoms with Crippen LogP contribution in [0.2, 0.25) is 0 Å². The van der Waals surface area contributed by atoms with Crippen LogP contribution in [0.25, 0.3) is 0 Å². The van der Waals surface area contributed by atoms with Crippen molar-refractivity contribution in [2.24, 2.45) is 11.1 Å². The van der Waals surface area contributed by atoms with Crippen LogP contribution in [0.4, 0.5) is 10.1 Å². The Labute approximate surface area is 153 Å². The Kier molecular flexibility index (Phi) is 4.02. The van der Waals surface area contributed by atoms with Gasteiger partial charge in [-0.05, 0) is 36.4 Å². The summed E-state index contributed by atoms with van der Waals surface area (Å²) in [7, 11) is 3.01. The predicted octanol–water partition coefficient (Wildman–Crippen LogP) is 2.14. The van der Waals surface area contributed by atoms with Gasteiger partial charge in [-0.3, -0.25) is 9.59 Å². The lowest BCUT2D eigenvalue weighted by molar-refractivity contribution is -0.126. The molecule has 2 aromatic rings. The number of carbonyl (C=O) groups excluding carboxylic acids is 2. The second-order valence-electron chi connectivity index (χ2n) is 6.04. The minimum Gasteiger partial charge on any atom is -0.493 e. The highest BCUT2D eigenvalue weighted by molar-refractivity contribution is 6.32. The van der Waals surface area contributed by atoms with Crippen molar-refractivity contribution in [3.63, 3.8) is 0 Å². The predicted molar refractivity (Wildman–Crippen MR) is 93.3 cm³/mol. The summed E-state index contributed by atoms with van der Waals surface area (Å²) in [4.78, 5) is 31.8. The highest BCUT2D eigenvalue weighted by Crippen LogP contribution is 2.37. The van der Waals surface area contributed by atoms with Gasteiger partial charge < -0.3 is 14.3 Å². The normalized spacial score (nSPS) is 21.0. The van der Waals surface area contributed by atoms with Crippen molar-refractivity contribution >= 4 is 23.2 Å². The number of hydrogen-bond acceptors (Lipinski definition) is 6. The van der Waals surface area contributed by atoms with Gasteiger partial charge in [0.2, 0.25) is 12.0 Å². The number of rotatable bonds is 4. The molecular weight excluding hydrogens is 355 g/mol. The van der Waals surface area contributed by atoms with Crippen molar-refractivity contribution < 1.29 is 28.3 Å². The van der Waals surface area contributed by atoms with Crippen LogP contribution in [0.5, 0.6) is 11.5 Å². The van der Waals surface area contributed by atoms with E-state index in [-0.39, 0.29) is 5.69 Å². The van der Waals surface area contributed by atoms with Gasteiger partial charge in [0.05, 0.1) is 19.9 Å². The number of benzene rings is 2. The molecule has 0 saturated carbocycles. The number of ether oxygens (including phenoxy) is 2. The lowest BCUT2D eigenvalue weighted by Gasteiger charge is -2.15. The average Bonchev–Trinajstić information content (AvgIpc) is 3.21. The average molecular weight is 370 g/mol. The molecule has 2 atom stereocenters. The van der Waals surface area contributed by atoms with Crippen molar-refractivity contribution in [2.45, 2.75) is 6.10 Å². The molecule has 138 valence electrons. The third kappa shape index (κ3) is 2.61. The molecule has 2 aromatic carbocycles. The summed E-state index contributed by atoms with van der Waals surface area (Å²) in [6.07, 6.45) is -1.07. The standard InChI is InChI=1S/C19H15FN2O5/c1-25-13-7-6-10(8-14(13)26-2)16-15-17(27-21-16)19(24)22(18(15)23)12-5-3-4-11(20)9-12/h3-9,15,17H,1-2H3/t15-,17-/m1/s1. The number of hydrogen-bond donors (Lipinski definition) is 0. The molecule has 0 N–H and O–H groups in total. The van der Waals surface area contributed by atoms with Crippen LogP contribution in [-0.4, -0.2) is 37.8 Å². The lowest BCUT2D eigenvalue weighted by atomic mass is 9.94. The lowest BCUT2D eigenvalue weighted by Crippen LogP contribution is -2.33. The van der Waals surface area contributed by atoms with Gasteiger partial charge in [-0.1, -0.05) is 11.2 Å². The molecule has 1 fully saturated rings. The van der Waals surface area contributed by atoms with Crippen LogP contribution in [-0.2, 0) is 14.4 Å². The second kappa shape index (κ2) is 6.39. The molecule has 0 unspecified atom stereocenters. The van der Waals surface area contributed by atoms with Gasteiger partial charge in [0.1, 0.15) is 17.4 Å². The summed E-state index contributed by atoms with van der Waals surface area (Å²) >= 11 is 0. The Hall–Kier alpha value is -3.42. The number of fused-ring (bicyclic) bond motifs is 1. The van der Waals surface area contributed by atoms with E-state index in [2.05, 4.69) is 5.16 Å². The van der Waals surface area contributed by atoms with Crippen molar-refractivity contribution in [2.75, 3.05) is 19.1 Å². The van der Waals surface area contributed by atoms with E-state index in [1.54, 1.807) is 18.2 Å². The van der Waals surface area contributed by atoms with Gasteiger partial charge in [0.25, 0.3) is 5.91 Å². The van der Waals surface area contributed by atoms with Crippen LogP contribution >= 0.6 is 0 Å². The quantitative estimate of drug-likeness (QED) is 0.771. The number of halogens is 1. The molecule has 0 aromatic heterocycles. The molecule has 2 aliphatic rings. The first kappa shape index (κ1) is 17.0. The minimum absolute atomic E-state index is 0.162. The number of oxime groups is 1. The van der Waals surface area contributed by atoms with E-state index in [0.717, 1.165) is 11.0 Å². The van der Waals surface area contributed by atoms with Crippen LogP contribution in [0.3, 0.4) is 0 Å². The number of anilines is 1. The van der Waals surface area contributed by atoms with Crippen molar-refractivity contribution in [3.05, 3.63) is 53.8 Å². The fourth-order valence-corrected chi connectivity index (χ4v) is 3.28. The van der Waals surface area contributed by atoms with E-state index in [1.807, 2.05) is 0 Å². The van der Waals surface area contributed by atoms with E-state index < -0.39 is 29.7 Å². The molecule has 7 nitrogen and oxygen atoms in total. The topological polar surface area (TPSA) is 77.4 Å². The third-order valence-corrected chi connectivity index (χ3v) is 4.56. The summed E-state index contributed by atoms with van der Waals surface area (Å²) in [5.41, 5.74) is 1.05. The highest BCUT2D eigenvalue weighted by atomic mass is 19.1. The Bertz CT molecular complexity index is 974. The number of imide groups is 1. The van der Waals surface area contributed by atoms with Gasteiger partial charge in [0.15, 0.2) is 11.5 Å². The number of nitrogens with zero attached hydrogens (tertiary/aromatic N) is 2. The van der Waals surface area contributed by atoms with E-state index in [0.29, 0.717) is 22.8 Å². The zero-order chi connectivity index (χ0) is 19.1. The van der Waals surface area contributed by atoms with Crippen LogP contribution < -0.4 is 14.4 Å². The van der Waals surface area contributed by atoms with E-state index in [9.17, 15) is 14.0 Å². The Morgan fingerprint density at radius 1 is 1.04 bits per heavy atom. The molecule has 0 radical (unpaired) electrons. The van der Waals surface area contributed by atoms with Gasteiger partial charge in [0, 0.05) is 5.56 Å². The smallest absolute Gasteiger partial charge is 0.278 e. The molecule has 2 heterocycles. The van der Waals surface area contributed by atoms with E-state index >= 15 is 0 Å². The maximum absolute atomic E-state index is 13.5. The molecule has 8 heteroatoms. The molecule has 0 bridgehead atoms. The highest BCUT2D eigenvalue weighted by Gasteiger charge is 2.56. The molecule has 0 spiro atoms. The van der Waals surface area contributed by atoms with Crippen molar-refractivity contribution in [1.29, 1.82) is 0 Å². The number of carbonyl (C=O) groups is 2. The van der Waals surface area contributed by atoms with Gasteiger partial charge in [-0.25, -0.2) is 9.29 Å². The fourth-order valence-electron chi connectivity index (χ4n) is 3.28. The van der Waals surface area contributed by atoms with Crippen molar-refractivity contribution in [1.82, 2.24) is 0 Å². The molecule has 1 saturated heterocycles. The Balaban J connectivity index is 1.70. The summed E-state index contributed by atoms with van der Waals surface area (Å²) in [5.74, 6) is -1.55. The Morgan fingerprint density at radius 3 is 2.52 bits per heavy atom. The van der Waals surface area contributed by atoms with Crippen LogP contribution in [0.1, 0.15) is 5.56 Å². The zero-order valence-corrected chi connectivity index (χ0v) is 14.5. The first-order chi connectivity index (χ1) is 13.0. The SMILES string of the molecule is COc1ccc(C2=NO[C@H]3C(=O)N(c4cccc(F)c4)C(=O)[C@H]23)cc1OC. The third-order valence-electron chi connectivity index (χ3n) is 4.56. The summed E-state index contributed by atoms with van der Waals surface area (Å²) in [6.45, 7) is 0. The Morgan fingerprint density at radius 2 is 1.81 bits per heavy atom. The van der Waals surface area contributed by atoms with Gasteiger partial charge in [-0.15, -0.1) is 0 Å². The van der Waals surface area contributed by atoms with Crippen molar-refractivity contribution in [3.8, 4) is 11.5 Å². The first-order valence-electron chi connectivity index (χ1n) is 8.14. The second-order valence-corrected chi connectivity index (χ2v) is 6.04. The fraction of sp³-hybridized carbons (Fsp3) is 0.211. The molecule has 4 rings (SSSR count). The maximum Gasteiger partial charge on any atom is 0.278 e. The van der Waals surface area contributed by atoms with Crippen LogP contribution in [0, 0.1) is 11.7 Å². The summed E-state index contributed by atoms with van der Waals surface area (Å²) in [6, 6.07) is 10.3. The molecule has 2 aliphatic heterocycles. The molecule has 27 heavy (non-hydrogen) atoms. The van der Waals surface area contributed by atoms with Gasteiger partial charge in [-0.2, -0.15) is 0 Å². The van der Waals surface area contributed by atoms with Crippen LogP contribution in [0.15, 0.2) is 47.6 Å². The maximum atomic E-state index is 13.5. The molecule has 0 aliphatic carbocycles. The molecule has 2 amide bonds. The summed E-state index contributed by atoms with van der Waals surface area (Å²) in [5, 5.41) is 3.95.